The number of hydrogen-bond donors (Lipinski definition) is 4. The molecule has 0 aliphatic carbocycles. The minimum atomic E-state index is -3.94. The number of nitrogens with one attached hydrogen (secondary N) is 2. The Bertz CT molecular complexity index is 1820. The molecule has 4 aromatic rings. The number of halogens is 1. The normalized spacial score (nSPS) is 12.0. The second-order valence-electron chi connectivity index (χ2n) is 9.34. The summed E-state index contributed by atoms with van der Waals surface area (Å²) >= 11 is 3.22. The second kappa shape index (κ2) is 14.0. The van der Waals surface area contributed by atoms with Crippen LogP contribution >= 0.6 is 33.9 Å². The van der Waals surface area contributed by atoms with Crippen LogP contribution in [0, 0.1) is 10.5 Å². The maximum Gasteiger partial charge on any atom is 0.275 e. The molecule has 1 unspecified atom stereocenters. The third-order valence-corrected chi connectivity index (χ3v) is 9.41. The fourth-order valence-electron chi connectivity index (χ4n) is 4.04. The number of nitrogens with zero attached hydrogens (tertiary/aromatic N) is 3. The van der Waals surface area contributed by atoms with Crippen molar-refractivity contribution >= 4 is 77.5 Å². The maximum absolute atomic E-state index is 13.4. The van der Waals surface area contributed by atoms with Gasteiger partial charge < -0.3 is 26.2 Å². The van der Waals surface area contributed by atoms with Crippen LogP contribution < -0.4 is 27.1 Å². The third kappa shape index (κ3) is 8.51. The van der Waals surface area contributed by atoms with E-state index in [0.717, 1.165) is 12.8 Å². The Morgan fingerprint density at radius 3 is 2.56 bits per heavy atom. The SMILES string of the molecule is Cc1ccc(NS(=O)(=O)Cc2ccccc2I)c(=O)n1CC(=O)NC(CCON=C(N)N)C(=O)c1nc2ccccc2s1. The van der Waals surface area contributed by atoms with Crippen LogP contribution in [0.5, 0.6) is 0 Å². The molecular formula is C27H28IN7O6S2. The van der Waals surface area contributed by atoms with E-state index in [1.807, 2.05) is 34.7 Å². The molecule has 0 aliphatic rings. The van der Waals surface area contributed by atoms with Gasteiger partial charge in [-0.3, -0.25) is 19.1 Å². The first-order chi connectivity index (χ1) is 20.4. The maximum atomic E-state index is 13.4. The van der Waals surface area contributed by atoms with Gasteiger partial charge in [-0.1, -0.05) is 30.3 Å². The first-order valence-electron chi connectivity index (χ1n) is 12.8. The van der Waals surface area contributed by atoms with Crippen LogP contribution in [0.3, 0.4) is 0 Å². The molecule has 6 N–H and O–H groups in total. The Kier molecular flexibility index (Phi) is 10.4. The van der Waals surface area contributed by atoms with Crippen molar-refractivity contribution in [2.45, 2.75) is 31.7 Å². The zero-order valence-electron chi connectivity index (χ0n) is 22.8. The van der Waals surface area contributed by atoms with Gasteiger partial charge in [0.1, 0.15) is 18.8 Å². The highest BCUT2D eigenvalue weighted by Gasteiger charge is 2.26. The highest BCUT2D eigenvalue weighted by atomic mass is 127. The number of fused-ring (bicyclic) bond motifs is 1. The predicted octanol–water partition coefficient (Wildman–Crippen LogP) is 2.28. The van der Waals surface area contributed by atoms with E-state index in [0.29, 0.717) is 16.8 Å². The molecule has 2 aromatic carbocycles. The number of pyridine rings is 1. The molecule has 4 rings (SSSR count). The van der Waals surface area contributed by atoms with E-state index in [4.69, 9.17) is 16.3 Å². The number of anilines is 1. The van der Waals surface area contributed by atoms with Crippen molar-refractivity contribution in [3.63, 3.8) is 0 Å². The summed E-state index contributed by atoms with van der Waals surface area (Å²) in [4.78, 5) is 49.2. The van der Waals surface area contributed by atoms with Crippen LogP contribution in [-0.2, 0) is 32.0 Å². The quantitative estimate of drug-likeness (QED) is 0.0397. The zero-order valence-corrected chi connectivity index (χ0v) is 26.6. The van der Waals surface area contributed by atoms with Crippen LogP contribution in [-0.4, -0.2) is 48.3 Å². The van der Waals surface area contributed by atoms with Crippen LogP contribution in [0.25, 0.3) is 10.2 Å². The van der Waals surface area contributed by atoms with Crippen molar-refractivity contribution < 1.29 is 22.8 Å². The molecule has 16 heteroatoms. The summed E-state index contributed by atoms with van der Waals surface area (Å²) in [5.74, 6) is -1.76. The highest BCUT2D eigenvalue weighted by Crippen LogP contribution is 2.23. The van der Waals surface area contributed by atoms with Gasteiger partial charge >= 0.3 is 0 Å². The first kappa shape index (κ1) is 31.9. The average Bonchev–Trinajstić information content (AvgIpc) is 3.39. The number of carbonyl (C=O) groups is 2. The summed E-state index contributed by atoms with van der Waals surface area (Å²) in [6, 6.07) is 16.0. The fraction of sp³-hybridized carbons (Fsp3) is 0.222. The van der Waals surface area contributed by atoms with Gasteiger partial charge in [-0.05, 0) is 70.6 Å². The number of amides is 1. The molecule has 0 saturated carbocycles. The van der Waals surface area contributed by atoms with E-state index in [9.17, 15) is 22.8 Å². The Balaban J connectivity index is 1.52. The van der Waals surface area contributed by atoms with Gasteiger partial charge in [-0.25, -0.2) is 13.4 Å². The van der Waals surface area contributed by atoms with Crippen molar-refractivity contribution in [2.24, 2.45) is 16.6 Å². The van der Waals surface area contributed by atoms with Crippen molar-refractivity contribution in [3.8, 4) is 0 Å². The van der Waals surface area contributed by atoms with Crippen molar-refractivity contribution in [1.29, 1.82) is 0 Å². The van der Waals surface area contributed by atoms with Gasteiger partial charge in [-0.15, -0.1) is 11.3 Å². The molecule has 1 atom stereocenters. The molecule has 226 valence electrons. The van der Waals surface area contributed by atoms with Crippen molar-refractivity contribution in [3.05, 3.63) is 90.9 Å². The second-order valence-corrected chi connectivity index (χ2v) is 13.3. The van der Waals surface area contributed by atoms with Crippen LogP contribution in [0.2, 0.25) is 0 Å². The van der Waals surface area contributed by atoms with E-state index in [-0.39, 0.29) is 35.4 Å². The van der Waals surface area contributed by atoms with E-state index >= 15 is 0 Å². The molecule has 2 aromatic heterocycles. The molecule has 0 fully saturated rings. The number of aromatic nitrogens is 2. The lowest BCUT2D eigenvalue weighted by atomic mass is 10.1. The number of rotatable bonds is 13. The largest absolute Gasteiger partial charge is 0.393 e. The standard InChI is InChI=1S/C27H28IN7O6S2/c1-16-10-11-21(34-43(39,40)15-17-6-2-3-7-18(17)28)26(38)35(16)14-23(36)31-20(12-13-41-33-27(29)30)24(37)25-32-19-8-4-5-9-22(19)42-25/h2-11,20,34H,12-15H2,1H3,(H,31,36)(H4,29,30,33). The molecule has 0 spiro atoms. The summed E-state index contributed by atoms with van der Waals surface area (Å²) < 4.78 is 30.7. The number of nitrogens with two attached hydrogens (primary N) is 2. The van der Waals surface area contributed by atoms with Gasteiger partial charge in [0.25, 0.3) is 5.56 Å². The Morgan fingerprint density at radius 1 is 1.12 bits per heavy atom. The van der Waals surface area contributed by atoms with E-state index in [1.165, 1.54) is 23.5 Å². The fourth-order valence-corrected chi connectivity index (χ4v) is 7.06. The average molecular weight is 738 g/mol. The molecule has 43 heavy (non-hydrogen) atoms. The van der Waals surface area contributed by atoms with Crippen LogP contribution in [0.4, 0.5) is 5.69 Å². The molecule has 0 bridgehead atoms. The lowest BCUT2D eigenvalue weighted by molar-refractivity contribution is -0.122. The number of aryl methyl sites for hydroxylation is 1. The number of guanidine groups is 1. The smallest absolute Gasteiger partial charge is 0.275 e. The number of para-hydroxylation sites is 1. The third-order valence-electron chi connectivity index (χ3n) is 6.09. The molecule has 0 radical (unpaired) electrons. The molecule has 1 amide bonds. The lowest BCUT2D eigenvalue weighted by Crippen LogP contribution is -2.44. The predicted molar refractivity (Wildman–Crippen MR) is 173 cm³/mol. The minimum absolute atomic E-state index is 0.00326. The molecule has 13 nitrogen and oxygen atoms in total. The number of sulfonamides is 1. The summed E-state index contributed by atoms with van der Waals surface area (Å²) in [6.45, 7) is 1.03. The molecule has 0 saturated heterocycles. The van der Waals surface area contributed by atoms with Gasteiger partial charge in [-0.2, -0.15) is 0 Å². The Hall–Kier alpha value is -4.03. The number of thiazole rings is 1. The Morgan fingerprint density at radius 2 is 1.84 bits per heavy atom. The van der Waals surface area contributed by atoms with Gasteiger partial charge in [0.2, 0.25) is 27.7 Å². The molecule has 2 heterocycles. The van der Waals surface area contributed by atoms with Gasteiger partial charge in [0, 0.05) is 15.7 Å². The summed E-state index contributed by atoms with van der Waals surface area (Å²) in [6.07, 6.45) is 0.00326. The van der Waals surface area contributed by atoms with E-state index in [2.05, 4.69) is 20.2 Å². The number of hydrogen-bond acceptors (Lipinski definition) is 9. The Labute approximate surface area is 264 Å². The summed E-state index contributed by atoms with van der Waals surface area (Å²) in [7, 11) is -3.94. The van der Waals surface area contributed by atoms with E-state index in [1.54, 1.807) is 43.3 Å². The van der Waals surface area contributed by atoms with Crippen molar-refractivity contribution in [2.75, 3.05) is 11.3 Å². The van der Waals surface area contributed by atoms with Crippen molar-refractivity contribution in [1.82, 2.24) is 14.9 Å². The van der Waals surface area contributed by atoms with Gasteiger partial charge in [0.15, 0.2) is 5.01 Å². The molecular weight excluding hydrogens is 709 g/mol. The highest BCUT2D eigenvalue weighted by molar-refractivity contribution is 14.1. The first-order valence-corrected chi connectivity index (χ1v) is 16.3. The van der Waals surface area contributed by atoms with Crippen LogP contribution in [0.1, 0.15) is 27.5 Å². The van der Waals surface area contributed by atoms with Gasteiger partial charge in [0.05, 0.1) is 22.0 Å². The van der Waals surface area contributed by atoms with Crippen LogP contribution in [0.15, 0.2) is 70.6 Å². The topological polar surface area (TPSA) is 201 Å². The van der Waals surface area contributed by atoms with E-state index < -0.39 is 39.9 Å². The summed E-state index contributed by atoms with van der Waals surface area (Å²) in [5, 5.41) is 6.27. The number of benzene rings is 2. The summed E-state index contributed by atoms with van der Waals surface area (Å²) in [5.41, 5.74) is 11.3. The zero-order chi connectivity index (χ0) is 31.1. The number of ketones is 1. The number of Topliss-reactive ketones (excluding diaryl/α,β-unsaturated/α-hetero) is 1. The number of oxime groups is 1. The minimum Gasteiger partial charge on any atom is -0.393 e. The monoisotopic (exact) mass is 737 g/mol. The molecule has 0 aliphatic heterocycles. The number of carbonyl (C=O) groups excluding carboxylic acids is 2. The lowest BCUT2D eigenvalue weighted by Gasteiger charge is -2.18.